The second-order valence-electron chi connectivity index (χ2n) is 31.9. The van der Waals surface area contributed by atoms with E-state index in [1.54, 1.807) is 55.5 Å². The lowest BCUT2D eigenvalue weighted by molar-refractivity contribution is -0.314. The minimum Gasteiger partial charge on any atom is -0.507 e. The number of hydrogen-bond acceptors (Lipinski definition) is 31. The van der Waals surface area contributed by atoms with E-state index in [1.165, 1.54) is 43.8 Å². The molecule has 0 spiro atoms. The fourth-order valence-electron chi connectivity index (χ4n) is 15.5. The van der Waals surface area contributed by atoms with Crippen LogP contribution in [0.4, 0.5) is 5.69 Å². The van der Waals surface area contributed by atoms with Crippen LogP contribution in [0, 0.1) is 5.92 Å². The van der Waals surface area contributed by atoms with Crippen molar-refractivity contribution in [3.05, 3.63) is 200 Å². The van der Waals surface area contributed by atoms with E-state index >= 15 is 24.0 Å². The number of nitrogens with zero attached hydrogens (tertiary/aromatic N) is 3. The van der Waals surface area contributed by atoms with Crippen LogP contribution in [0.3, 0.4) is 0 Å². The number of amides is 8. The lowest BCUT2D eigenvalue weighted by atomic mass is 9.88. The van der Waals surface area contributed by atoms with Crippen LogP contribution in [-0.2, 0) is 70.5 Å². The van der Waals surface area contributed by atoms with Gasteiger partial charge in [0.15, 0.2) is 41.0 Å². The highest BCUT2D eigenvalue weighted by Crippen LogP contribution is 2.51. The van der Waals surface area contributed by atoms with E-state index in [9.17, 15) is 65.1 Å². The normalized spacial score (nSPS) is 24.2. The van der Waals surface area contributed by atoms with Gasteiger partial charge in [0.2, 0.25) is 59.3 Å². The number of aliphatic hydroxyl groups excluding tert-OH is 5. The summed E-state index contributed by atoms with van der Waals surface area (Å²) in [5, 5.41) is 138. The van der Waals surface area contributed by atoms with Gasteiger partial charge < -0.3 is 143 Å². The van der Waals surface area contributed by atoms with Gasteiger partial charge in [-0.2, -0.15) is 0 Å². The molecule has 2 fully saturated rings. The summed E-state index contributed by atoms with van der Waals surface area (Å²) in [5.74, 6) is -16.7. The van der Waals surface area contributed by atoms with Crippen molar-refractivity contribution in [3.63, 3.8) is 0 Å². The number of nitrogens with one attached hydrogen (secondary N) is 10. The number of pyridine rings is 2. The van der Waals surface area contributed by atoms with Crippen molar-refractivity contribution >= 4 is 111 Å². The molecule has 43 heteroatoms. The van der Waals surface area contributed by atoms with Gasteiger partial charge in [-0.3, -0.25) is 43.3 Å². The third kappa shape index (κ3) is 21.7. The zero-order valence-electron chi connectivity index (χ0n) is 69.9. The number of primary amides is 1. The predicted molar refractivity (Wildman–Crippen MR) is 464 cm³/mol. The average molecular weight is 1870 g/mol. The Morgan fingerprint density at radius 2 is 1.41 bits per heavy atom. The maximum absolute atomic E-state index is 16.4. The number of carbonyl (C=O) groups is 9. The largest absolute Gasteiger partial charge is 0.507 e. The Bertz CT molecular complexity index is 5880. The summed E-state index contributed by atoms with van der Waals surface area (Å²) in [5.41, 5.74) is 4.68. The van der Waals surface area contributed by atoms with E-state index in [2.05, 4.69) is 68.3 Å². The Morgan fingerprint density at radius 3 is 2.10 bits per heavy atom. The minimum absolute atomic E-state index is 0.0339. The highest BCUT2D eigenvalue weighted by Gasteiger charge is 2.48. The van der Waals surface area contributed by atoms with Gasteiger partial charge in [0.25, 0.3) is 5.88 Å². The van der Waals surface area contributed by atoms with Gasteiger partial charge in [0, 0.05) is 72.3 Å². The van der Waals surface area contributed by atoms with E-state index in [0.29, 0.717) is 27.4 Å². The number of carboxylic acid groups (broad SMARTS) is 1. The Kier molecular flexibility index (Phi) is 29.5. The smallest absolute Gasteiger partial charge is 0.330 e. The highest BCUT2D eigenvalue weighted by atomic mass is 35.5. The molecule has 131 heavy (non-hydrogen) atoms. The van der Waals surface area contributed by atoms with Crippen LogP contribution in [-0.4, -0.2) is 214 Å². The molecule has 10 heterocycles. The van der Waals surface area contributed by atoms with Crippen LogP contribution in [0.1, 0.15) is 115 Å². The molecule has 7 aliphatic heterocycles. The van der Waals surface area contributed by atoms with Crippen LogP contribution >= 0.6 is 34.8 Å². The number of carbonyl (C=O) groups excluding carboxylic acids is 8. The van der Waals surface area contributed by atoms with E-state index in [0.717, 1.165) is 66.2 Å². The average Bonchev–Trinajstić information content (AvgIpc) is 1.16. The standard InChI is InChI=1S/C88H91Cl3N14O26/c1-37(2)22-53(93-4)80(116)103-71-74(112)42-11-16-58(50(90)25-42)127-61-27-44-28-62(78(61)130-88-79(77(115)57(108)36-125-88)129-65-31-52(73(111)38(3)126-65)97-33-40-23-46(34-95-32-40)98-64(110)18-9-39-7-13-45(89)14-8-39)128-59-17-12-43(26-51(59)91)75(113)72-85(121)102-69(87(122)123)48-29-56(107)49(35-94-20-21-124-86-70-60(131-105-86)6-5-19-96-70)76(114)66(48)47-24-41(10-15-55(47)106)67(82(118)104-72)101-83(119)68(44)100-81(117)54(30-63(92)109)99-84(71)120/h5-19,23-29,32,34,37-38,52-54,57,65,67-69,71-75,77,79,88,93-94,97,106-108,111-115H,20-22,30-31,33,35-36H2,1-4H3,(H2,92,109)(H,98,110)(H,99,120)(H,100,117)(H,101,119)(H,102,121)(H,103,116)(H,104,118)(H,122,123)/b18-9+/t38-,52-,53+,54-,57+,65-,67+,68+,69+,71+,72-,73+,74+,75+,77-,79+,88-/m0/s1. The molecule has 0 unspecified atom stereocenters. The molecule has 40 nitrogen and oxygen atoms in total. The van der Waals surface area contributed by atoms with Crippen molar-refractivity contribution in [2.45, 2.75) is 157 Å². The molecule has 0 saturated carbocycles. The molecule has 690 valence electrons. The summed E-state index contributed by atoms with van der Waals surface area (Å²) in [6.45, 7) is 3.96. The van der Waals surface area contributed by atoms with Crippen molar-refractivity contribution in [2.24, 2.45) is 11.7 Å². The number of anilines is 1. The number of aliphatic hydroxyl groups is 5. The maximum Gasteiger partial charge on any atom is 0.330 e. The van der Waals surface area contributed by atoms with Crippen molar-refractivity contribution < 1.29 is 127 Å². The predicted octanol–water partition coefficient (Wildman–Crippen LogP) is 4.59. The lowest BCUT2D eigenvalue weighted by Crippen LogP contribution is -2.59. The fourth-order valence-corrected chi connectivity index (χ4v) is 16.0. The number of hydrogen-bond donors (Lipinski definition) is 20. The third-order valence-electron chi connectivity index (χ3n) is 22.2. The molecule has 9 aromatic rings. The van der Waals surface area contributed by atoms with E-state index in [1.807, 2.05) is 13.8 Å². The topological polar surface area (TPSA) is 598 Å². The zero-order valence-corrected chi connectivity index (χ0v) is 72.2. The maximum atomic E-state index is 16.4. The molecular weight excluding hydrogens is 1780 g/mol. The highest BCUT2D eigenvalue weighted by molar-refractivity contribution is 6.32. The van der Waals surface area contributed by atoms with Crippen molar-refractivity contribution in [2.75, 3.05) is 32.1 Å². The Hall–Kier alpha value is -12.9. The van der Waals surface area contributed by atoms with Gasteiger partial charge in [-0.25, -0.2) is 9.78 Å². The molecule has 0 aliphatic carbocycles. The molecular formula is C88H91Cl3N14O26. The number of phenolic OH excluding ortho intramolecular Hbond substituents is 3. The number of aromatic hydroxyl groups is 3. The molecule has 0 radical (unpaired) electrons. The number of nitrogens with two attached hydrogens (primary N) is 1. The van der Waals surface area contributed by atoms with Crippen molar-refractivity contribution in [3.8, 4) is 63.0 Å². The number of aromatic nitrogens is 3. The molecule has 17 atom stereocenters. The Balaban J connectivity index is 0.883. The molecule has 16 rings (SSSR count). The SMILES string of the molecule is CN[C@H](CC(C)C)C(=O)N[C@H]1C(=O)N[C@@H](CC(N)=O)C(=O)N[C@H]2C(=O)N[C@H]3C(=O)N[C@H](C(=O)N[C@@H](C(=O)O)c4cc(O)c(CNCCOc5noc6cccnc56)c(O)c4-c4cc3ccc4O)[C@H](O)c3ccc(c(Cl)c3)Oc3cc2cc(c3O[C@@H]2OC[C@@H](O)[C@H](O)[C@H]2O[C@H]2C[C@H](NCc3cncc(NC(=O)/C=C/c4ccc(Cl)cc4)c3)[C@H](O)[C@H](C)O2)Oc2ccc(cc2Cl)[C@H]1O. The molecule has 3 aromatic heterocycles. The number of halogens is 3. The van der Waals surface area contributed by atoms with Gasteiger partial charge >= 0.3 is 5.97 Å². The van der Waals surface area contributed by atoms with Crippen molar-refractivity contribution in [1.29, 1.82) is 0 Å². The fraction of sp³-hybridized carbons (Fsp3) is 0.341. The van der Waals surface area contributed by atoms with Gasteiger partial charge in [0.05, 0.1) is 58.8 Å². The molecule has 21 N–H and O–H groups in total. The first-order valence-corrected chi connectivity index (χ1v) is 42.3. The van der Waals surface area contributed by atoms with E-state index in [-0.39, 0.29) is 71.8 Å². The van der Waals surface area contributed by atoms with Gasteiger partial charge in [0.1, 0.15) is 90.0 Å². The summed E-state index contributed by atoms with van der Waals surface area (Å²) in [7, 11) is 1.47. The van der Waals surface area contributed by atoms with E-state index < -0.39 is 250 Å². The summed E-state index contributed by atoms with van der Waals surface area (Å²) in [6.07, 6.45) is -9.16. The Labute approximate surface area is 759 Å². The second-order valence-corrected chi connectivity index (χ2v) is 33.2. The first-order valence-electron chi connectivity index (χ1n) is 41.2. The molecule has 11 bridgehead atoms. The molecule has 8 amide bonds. The van der Waals surface area contributed by atoms with Gasteiger partial charge in [-0.15, -0.1) is 0 Å². The first-order chi connectivity index (χ1) is 62.6. The molecule has 6 aromatic carbocycles. The van der Waals surface area contributed by atoms with Gasteiger partial charge in [-0.1, -0.05) is 79.0 Å². The number of likely N-dealkylation sites (N-methyl/N-ethyl adjacent to an activating group) is 1. The molecule has 2 saturated heterocycles. The summed E-state index contributed by atoms with van der Waals surface area (Å²) < 4.78 is 50.4. The quantitative estimate of drug-likeness (QED) is 0.0290. The second kappa shape index (κ2) is 41.0. The number of carboxylic acids is 1. The number of benzene rings is 6. The number of fused-ring (bicyclic) bond motifs is 16. The van der Waals surface area contributed by atoms with Crippen LogP contribution < -0.4 is 77.8 Å². The Morgan fingerprint density at radius 1 is 0.725 bits per heavy atom. The number of phenols is 3. The van der Waals surface area contributed by atoms with Crippen LogP contribution in [0.5, 0.6) is 51.9 Å². The van der Waals surface area contributed by atoms with Crippen LogP contribution in [0.2, 0.25) is 15.1 Å². The first kappa shape index (κ1) is 94.2. The van der Waals surface area contributed by atoms with Crippen molar-refractivity contribution in [1.82, 2.24) is 63.0 Å². The van der Waals surface area contributed by atoms with Crippen LogP contribution in [0.15, 0.2) is 144 Å². The van der Waals surface area contributed by atoms with E-state index in [4.69, 9.17) is 78.2 Å². The lowest BCUT2D eigenvalue weighted by Gasteiger charge is -2.43. The summed E-state index contributed by atoms with van der Waals surface area (Å²) in [4.78, 5) is 141. The van der Waals surface area contributed by atoms with Gasteiger partial charge in [-0.05, 0) is 156 Å². The number of ether oxygens (including phenoxy) is 7. The summed E-state index contributed by atoms with van der Waals surface area (Å²) in [6, 6.07) is 9.24. The molecule has 7 aliphatic rings. The minimum atomic E-state index is -2.39. The number of aliphatic carboxylic acids is 1. The third-order valence-corrected chi connectivity index (χ3v) is 23.1. The summed E-state index contributed by atoms with van der Waals surface area (Å²) >= 11 is 20.4. The monoisotopic (exact) mass is 1860 g/mol. The van der Waals surface area contributed by atoms with Crippen LogP contribution in [0.25, 0.3) is 28.3 Å². The number of rotatable bonds is 24. The zero-order chi connectivity index (χ0) is 93.5.